The third kappa shape index (κ3) is 6.05. The van der Waals surface area contributed by atoms with Crippen molar-refractivity contribution in [2.24, 2.45) is 0 Å². The number of carbonyl (C=O) groups excluding carboxylic acids is 2. The molecule has 0 aromatic heterocycles. The quantitative estimate of drug-likeness (QED) is 0.670. The first-order valence-electron chi connectivity index (χ1n) is 7.18. The van der Waals surface area contributed by atoms with Gasteiger partial charge in [0.05, 0.1) is 22.9 Å². The molecular formula is C16H13Cl2F2N3O3. The zero-order valence-electron chi connectivity index (χ0n) is 13.1. The molecule has 3 N–H and O–H groups in total. The zero-order chi connectivity index (χ0) is 19.1. The van der Waals surface area contributed by atoms with Gasteiger partial charge in [0, 0.05) is 5.02 Å². The molecule has 0 heterocycles. The number of carbonyl (C=O) groups is 2. The van der Waals surface area contributed by atoms with Crippen LogP contribution in [0.5, 0.6) is 5.75 Å². The maximum absolute atomic E-state index is 12.3. The summed E-state index contributed by atoms with van der Waals surface area (Å²) in [7, 11) is 0. The maximum atomic E-state index is 12.3. The van der Waals surface area contributed by atoms with Crippen LogP contribution in [0.4, 0.5) is 25.0 Å². The molecule has 0 saturated heterocycles. The second kappa shape index (κ2) is 9.21. The van der Waals surface area contributed by atoms with Crippen molar-refractivity contribution in [1.29, 1.82) is 0 Å². The molecule has 0 atom stereocenters. The Kier molecular flexibility index (Phi) is 6.99. The van der Waals surface area contributed by atoms with Gasteiger partial charge in [0.2, 0.25) is 5.91 Å². The Morgan fingerprint density at radius 2 is 1.77 bits per heavy atom. The zero-order valence-corrected chi connectivity index (χ0v) is 14.6. The van der Waals surface area contributed by atoms with Crippen LogP contribution in [0, 0.1) is 0 Å². The predicted molar refractivity (Wildman–Crippen MR) is 95.2 cm³/mol. The fourth-order valence-electron chi connectivity index (χ4n) is 1.88. The molecule has 0 aliphatic heterocycles. The number of ether oxygens (including phenoxy) is 1. The Labute approximate surface area is 157 Å². The Hall–Kier alpha value is -2.58. The molecule has 6 nitrogen and oxygen atoms in total. The van der Waals surface area contributed by atoms with Crippen molar-refractivity contribution < 1.29 is 23.1 Å². The highest BCUT2D eigenvalue weighted by Crippen LogP contribution is 2.26. The third-order valence-corrected chi connectivity index (χ3v) is 3.53. The molecule has 2 rings (SSSR count). The lowest BCUT2D eigenvalue weighted by Crippen LogP contribution is -2.35. The fourth-order valence-corrected chi connectivity index (χ4v) is 2.22. The normalized spacial score (nSPS) is 10.3. The Bertz CT molecular complexity index is 806. The SMILES string of the molecule is O=C(CNC(=O)Nc1ccccc1OC(F)F)Nc1cc(Cl)ccc1Cl. The minimum atomic E-state index is -3.03. The van der Waals surface area contributed by atoms with E-state index in [2.05, 4.69) is 20.7 Å². The van der Waals surface area contributed by atoms with E-state index >= 15 is 0 Å². The van der Waals surface area contributed by atoms with Crippen LogP contribution in [0.2, 0.25) is 10.0 Å². The summed E-state index contributed by atoms with van der Waals surface area (Å²) in [5.74, 6) is -0.755. The van der Waals surface area contributed by atoms with E-state index in [1.165, 1.54) is 36.4 Å². The number of alkyl halides is 2. The number of benzene rings is 2. The molecular weight excluding hydrogens is 391 g/mol. The molecule has 10 heteroatoms. The van der Waals surface area contributed by atoms with Gasteiger partial charge < -0.3 is 20.7 Å². The average Bonchev–Trinajstić information content (AvgIpc) is 2.58. The van der Waals surface area contributed by atoms with Crippen LogP contribution < -0.4 is 20.7 Å². The van der Waals surface area contributed by atoms with Gasteiger partial charge in [-0.15, -0.1) is 0 Å². The lowest BCUT2D eigenvalue weighted by molar-refractivity contribution is -0.115. The highest BCUT2D eigenvalue weighted by atomic mass is 35.5. The van der Waals surface area contributed by atoms with Crippen LogP contribution in [0.25, 0.3) is 0 Å². The monoisotopic (exact) mass is 403 g/mol. The Balaban J connectivity index is 1.89. The third-order valence-electron chi connectivity index (χ3n) is 2.96. The number of hydrogen-bond acceptors (Lipinski definition) is 3. The van der Waals surface area contributed by atoms with E-state index in [1.54, 1.807) is 6.07 Å². The smallest absolute Gasteiger partial charge is 0.387 e. The second-order valence-electron chi connectivity index (χ2n) is 4.85. The van der Waals surface area contributed by atoms with E-state index in [4.69, 9.17) is 23.2 Å². The van der Waals surface area contributed by atoms with Gasteiger partial charge in [-0.2, -0.15) is 8.78 Å². The van der Waals surface area contributed by atoms with E-state index in [0.29, 0.717) is 10.7 Å². The molecule has 0 fully saturated rings. The van der Waals surface area contributed by atoms with E-state index in [0.717, 1.165) is 0 Å². The lowest BCUT2D eigenvalue weighted by atomic mass is 10.3. The van der Waals surface area contributed by atoms with Crippen LogP contribution in [-0.4, -0.2) is 25.1 Å². The van der Waals surface area contributed by atoms with E-state index in [-0.39, 0.29) is 23.0 Å². The molecule has 26 heavy (non-hydrogen) atoms. The number of urea groups is 1. The molecule has 0 aliphatic carbocycles. The molecule has 2 aromatic rings. The molecule has 0 bridgehead atoms. The summed E-state index contributed by atoms with van der Waals surface area (Å²) in [6, 6.07) is 9.41. The first kappa shape index (κ1) is 19.7. The van der Waals surface area contributed by atoms with Crippen LogP contribution in [-0.2, 0) is 4.79 Å². The van der Waals surface area contributed by atoms with Gasteiger partial charge in [-0.1, -0.05) is 35.3 Å². The van der Waals surface area contributed by atoms with Crippen LogP contribution in [0.3, 0.4) is 0 Å². The Morgan fingerprint density at radius 1 is 1.04 bits per heavy atom. The van der Waals surface area contributed by atoms with Crippen molar-refractivity contribution in [1.82, 2.24) is 5.32 Å². The highest BCUT2D eigenvalue weighted by Gasteiger charge is 2.12. The van der Waals surface area contributed by atoms with E-state index < -0.39 is 18.5 Å². The number of halogens is 4. The lowest BCUT2D eigenvalue weighted by Gasteiger charge is -2.12. The highest BCUT2D eigenvalue weighted by molar-refractivity contribution is 6.35. The fraction of sp³-hybridized carbons (Fsp3) is 0.125. The number of amides is 3. The average molecular weight is 404 g/mol. The molecule has 0 spiro atoms. The standard InChI is InChI=1S/C16H13Cl2F2N3O3/c17-9-5-6-10(18)12(7-9)22-14(24)8-21-16(25)23-11-3-1-2-4-13(11)26-15(19)20/h1-7,15H,8H2,(H,22,24)(H2,21,23,25). The summed E-state index contributed by atoms with van der Waals surface area (Å²) in [6.07, 6.45) is 0. The predicted octanol–water partition coefficient (Wildman–Crippen LogP) is 4.36. The van der Waals surface area contributed by atoms with Gasteiger partial charge in [0.25, 0.3) is 0 Å². The minimum Gasteiger partial charge on any atom is -0.433 e. The molecule has 0 saturated carbocycles. The largest absolute Gasteiger partial charge is 0.433 e. The van der Waals surface area contributed by atoms with Crippen molar-refractivity contribution in [2.75, 3.05) is 17.2 Å². The summed E-state index contributed by atoms with van der Waals surface area (Å²) >= 11 is 11.7. The van der Waals surface area contributed by atoms with Gasteiger partial charge in [0.15, 0.2) is 0 Å². The van der Waals surface area contributed by atoms with Crippen LogP contribution in [0.15, 0.2) is 42.5 Å². The summed E-state index contributed by atoms with van der Waals surface area (Å²) < 4.78 is 29.0. The van der Waals surface area contributed by atoms with Crippen LogP contribution in [0.1, 0.15) is 0 Å². The topological polar surface area (TPSA) is 79.5 Å². The van der Waals surface area contributed by atoms with Gasteiger partial charge in [0.1, 0.15) is 5.75 Å². The summed E-state index contributed by atoms with van der Waals surface area (Å²) in [4.78, 5) is 23.7. The maximum Gasteiger partial charge on any atom is 0.387 e. The number of anilines is 2. The number of nitrogens with one attached hydrogen (secondary N) is 3. The molecule has 0 radical (unpaired) electrons. The number of hydrogen-bond donors (Lipinski definition) is 3. The van der Waals surface area contributed by atoms with Gasteiger partial charge >= 0.3 is 12.6 Å². The molecule has 3 amide bonds. The summed E-state index contributed by atoms with van der Waals surface area (Å²) in [5, 5.41) is 7.75. The van der Waals surface area contributed by atoms with E-state index in [1.807, 2.05) is 0 Å². The molecule has 138 valence electrons. The van der Waals surface area contributed by atoms with Gasteiger partial charge in [-0.05, 0) is 30.3 Å². The van der Waals surface area contributed by atoms with Crippen molar-refractivity contribution in [3.05, 3.63) is 52.5 Å². The Morgan fingerprint density at radius 3 is 2.50 bits per heavy atom. The first-order valence-corrected chi connectivity index (χ1v) is 7.94. The van der Waals surface area contributed by atoms with Gasteiger partial charge in [-0.25, -0.2) is 4.79 Å². The van der Waals surface area contributed by atoms with Crippen molar-refractivity contribution in [3.63, 3.8) is 0 Å². The minimum absolute atomic E-state index is 0.0311. The van der Waals surface area contributed by atoms with Crippen molar-refractivity contribution in [3.8, 4) is 5.75 Å². The first-order chi connectivity index (χ1) is 12.3. The second-order valence-corrected chi connectivity index (χ2v) is 5.70. The van der Waals surface area contributed by atoms with Crippen molar-refractivity contribution >= 4 is 46.5 Å². The number of para-hydroxylation sites is 2. The summed E-state index contributed by atoms with van der Waals surface area (Å²) in [6.45, 7) is -3.42. The molecule has 0 aliphatic rings. The van der Waals surface area contributed by atoms with Crippen molar-refractivity contribution in [2.45, 2.75) is 6.61 Å². The number of rotatable bonds is 6. The molecule has 0 unspecified atom stereocenters. The van der Waals surface area contributed by atoms with Gasteiger partial charge in [-0.3, -0.25) is 4.79 Å². The summed E-state index contributed by atoms with van der Waals surface area (Å²) in [5.41, 5.74) is 0.325. The van der Waals surface area contributed by atoms with Crippen LogP contribution >= 0.6 is 23.2 Å². The molecule has 2 aromatic carbocycles. The van der Waals surface area contributed by atoms with E-state index in [9.17, 15) is 18.4 Å².